The molecule has 0 unspecified atom stereocenters. The van der Waals surface area contributed by atoms with Gasteiger partial charge in [0.05, 0.1) is 24.9 Å². The summed E-state index contributed by atoms with van der Waals surface area (Å²) in [4.78, 5) is 26.5. The van der Waals surface area contributed by atoms with E-state index in [4.69, 9.17) is 4.74 Å². The number of aryl methyl sites for hydroxylation is 1. The molecule has 1 aliphatic rings. The van der Waals surface area contributed by atoms with Crippen molar-refractivity contribution in [3.63, 3.8) is 0 Å². The molecule has 0 aliphatic carbocycles. The molecule has 28 heavy (non-hydrogen) atoms. The number of carbonyl (C=O) groups excluding carboxylic acids is 1. The topological polar surface area (TPSA) is 82.2 Å². The molecule has 0 bridgehead atoms. The van der Waals surface area contributed by atoms with Crippen molar-refractivity contribution in [1.29, 1.82) is 0 Å². The lowest BCUT2D eigenvalue weighted by molar-refractivity contribution is 0.0782. The van der Waals surface area contributed by atoms with Gasteiger partial charge in [-0.05, 0) is 6.42 Å². The van der Waals surface area contributed by atoms with Gasteiger partial charge in [-0.2, -0.15) is 0 Å². The fourth-order valence-corrected chi connectivity index (χ4v) is 3.45. The van der Waals surface area contributed by atoms with Crippen LogP contribution in [0, 0.1) is 0 Å². The maximum Gasteiger partial charge on any atom is 0.259 e. The number of likely N-dealkylation sites (tertiary alicyclic amines) is 1. The molecule has 0 radical (unpaired) electrons. The van der Waals surface area contributed by atoms with Gasteiger partial charge in [-0.25, -0.2) is 4.68 Å². The number of benzene rings is 1. The van der Waals surface area contributed by atoms with E-state index in [1.165, 1.54) is 23.9 Å². The Balaban J connectivity index is 1.52. The smallest absolute Gasteiger partial charge is 0.259 e. The number of methoxy groups -OCH3 is 1. The maximum atomic E-state index is 13.0. The number of hydrogen-bond acceptors (Lipinski definition) is 5. The van der Waals surface area contributed by atoms with Crippen LogP contribution in [0.2, 0.25) is 0 Å². The van der Waals surface area contributed by atoms with Crippen molar-refractivity contribution in [3.05, 3.63) is 64.7 Å². The van der Waals surface area contributed by atoms with E-state index in [-0.39, 0.29) is 17.5 Å². The highest BCUT2D eigenvalue weighted by molar-refractivity contribution is 5.96. The summed E-state index contributed by atoms with van der Waals surface area (Å²) >= 11 is 0. The Morgan fingerprint density at radius 1 is 1.21 bits per heavy atom. The average molecular weight is 379 g/mol. The number of ether oxygens (including phenoxy) is 1. The Hall–Kier alpha value is -3.42. The highest BCUT2D eigenvalue weighted by Crippen LogP contribution is 2.26. The molecule has 144 valence electrons. The number of hydrogen-bond donors (Lipinski definition) is 0. The second-order valence-electron chi connectivity index (χ2n) is 6.85. The zero-order valence-electron chi connectivity index (χ0n) is 15.8. The number of nitrogens with zero attached hydrogens (tertiary/aromatic N) is 5. The third-order valence-electron chi connectivity index (χ3n) is 5.05. The van der Waals surface area contributed by atoms with Crippen LogP contribution < -0.4 is 10.3 Å². The SMILES string of the molecule is COc1cc(=O)n(C)cc1C(=O)N1CC[C@@H](n2cc(-c3ccccc3)nn2)C1. The Morgan fingerprint density at radius 2 is 2.00 bits per heavy atom. The number of aromatic nitrogens is 4. The second-order valence-corrected chi connectivity index (χ2v) is 6.85. The van der Waals surface area contributed by atoms with E-state index in [1.807, 2.05) is 41.2 Å². The summed E-state index contributed by atoms with van der Waals surface area (Å²) in [5, 5.41) is 8.52. The lowest BCUT2D eigenvalue weighted by Crippen LogP contribution is -2.31. The summed E-state index contributed by atoms with van der Waals surface area (Å²) < 4.78 is 8.45. The molecule has 8 nitrogen and oxygen atoms in total. The Bertz CT molecular complexity index is 1060. The number of carbonyl (C=O) groups is 1. The molecule has 1 aromatic carbocycles. The Labute approximate surface area is 162 Å². The monoisotopic (exact) mass is 379 g/mol. The molecule has 0 spiro atoms. The van der Waals surface area contributed by atoms with Gasteiger partial charge >= 0.3 is 0 Å². The molecule has 2 aromatic heterocycles. The average Bonchev–Trinajstić information content (AvgIpc) is 3.39. The van der Waals surface area contributed by atoms with E-state index in [0.717, 1.165) is 17.7 Å². The lowest BCUT2D eigenvalue weighted by Gasteiger charge is -2.18. The van der Waals surface area contributed by atoms with Gasteiger partial charge < -0.3 is 14.2 Å². The molecule has 1 atom stereocenters. The van der Waals surface area contributed by atoms with Gasteiger partial charge in [-0.15, -0.1) is 5.10 Å². The van der Waals surface area contributed by atoms with E-state index in [1.54, 1.807) is 11.9 Å². The van der Waals surface area contributed by atoms with Crippen molar-refractivity contribution < 1.29 is 9.53 Å². The molecular weight excluding hydrogens is 358 g/mol. The summed E-state index contributed by atoms with van der Waals surface area (Å²) in [5.74, 6) is 0.141. The number of rotatable bonds is 4. The maximum absolute atomic E-state index is 13.0. The first kappa shape index (κ1) is 18.0. The fourth-order valence-electron chi connectivity index (χ4n) is 3.45. The normalized spacial score (nSPS) is 16.4. The van der Waals surface area contributed by atoms with Crippen molar-refractivity contribution in [1.82, 2.24) is 24.5 Å². The summed E-state index contributed by atoms with van der Waals surface area (Å²) in [7, 11) is 3.07. The van der Waals surface area contributed by atoms with Crippen molar-refractivity contribution in [2.75, 3.05) is 20.2 Å². The molecule has 1 amide bonds. The van der Waals surface area contributed by atoms with Gasteiger partial charge in [-0.3, -0.25) is 9.59 Å². The Kier molecular flexibility index (Phi) is 4.68. The third kappa shape index (κ3) is 3.28. The minimum atomic E-state index is -0.219. The minimum absolute atomic E-state index is 0.0624. The van der Waals surface area contributed by atoms with E-state index in [9.17, 15) is 9.59 Å². The van der Waals surface area contributed by atoms with Gasteiger partial charge in [-0.1, -0.05) is 35.5 Å². The minimum Gasteiger partial charge on any atom is -0.496 e. The van der Waals surface area contributed by atoms with E-state index in [2.05, 4.69) is 10.3 Å². The van der Waals surface area contributed by atoms with Crippen LogP contribution in [0.3, 0.4) is 0 Å². The van der Waals surface area contributed by atoms with Crippen LogP contribution in [-0.2, 0) is 7.05 Å². The molecule has 3 aromatic rings. The molecule has 1 fully saturated rings. The molecule has 1 saturated heterocycles. The zero-order valence-corrected chi connectivity index (χ0v) is 15.8. The van der Waals surface area contributed by atoms with E-state index >= 15 is 0 Å². The van der Waals surface area contributed by atoms with Crippen LogP contribution in [0.5, 0.6) is 5.75 Å². The highest BCUT2D eigenvalue weighted by Gasteiger charge is 2.30. The molecule has 8 heteroatoms. The standard InChI is InChI=1S/C20H21N5O3/c1-23-12-16(18(28-2)10-19(23)26)20(27)24-9-8-15(11-24)25-13-17(21-22-25)14-6-4-3-5-7-14/h3-7,10,12-13,15H,8-9,11H2,1-2H3/t15-/m1/s1. The number of amides is 1. The molecule has 1 aliphatic heterocycles. The van der Waals surface area contributed by atoms with Crippen molar-refractivity contribution in [3.8, 4) is 17.0 Å². The van der Waals surface area contributed by atoms with Gasteiger partial charge in [0.25, 0.3) is 11.5 Å². The first-order valence-corrected chi connectivity index (χ1v) is 9.08. The Morgan fingerprint density at radius 3 is 2.75 bits per heavy atom. The first-order chi connectivity index (χ1) is 13.6. The summed E-state index contributed by atoms with van der Waals surface area (Å²) in [6, 6.07) is 11.3. The molecular formula is C20H21N5O3. The molecule has 0 N–H and O–H groups in total. The van der Waals surface area contributed by atoms with Crippen LogP contribution in [0.4, 0.5) is 0 Å². The fraction of sp³-hybridized carbons (Fsp3) is 0.300. The van der Waals surface area contributed by atoms with E-state index in [0.29, 0.717) is 24.4 Å². The zero-order chi connectivity index (χ0) is 19.7. The van der Waals surface area contributed by atoms with Crippen molar-refractivity contribution >= 4 is 5.91 Å². The summed E-state index contributed by atoms with van der Waals surface area (Å²) in [5.41, 5.74) is 1.98. The van der Waals surface area contributed by atoms with Crippen LogP contribution in [0.15, 0.2) is 53.6 Å². The molecule has 4 rings (SSSR count). The third-order valence-corrected chi connectivity index (χ3v) is 5.05. The van der Waals surface area contributed by atoms with Crippen LogP contribution in [0.1, 0.15) is 22.8 Å². The highest BCUT2D eigenvalue weighted by atomic mass is 16.5. The summed E-state index contributed by atoms with van der Waals surface area (Å²) in [6.45, 7) is 1.14. The van der Waals surface area contributed by atoms with Gasteiger partial charge in [0, 0.05) is 38.0 Å². The largest absolute Gasteiger partial charge is 0.496 e. The first-order valence-electron chi connectivity index (χ1n) is 9.08. The quantitative estimate of drug-likeness (QED) is 0.690. The van der Waals surface area contributed by atoms with Crippen LogP contribution >= 0.6 is 0 Å². The van der Waals surface area contributed by atoms with Crippen molar-refractivity contribution in [2.45, 2.75) is 12.5 Å². The number of pyridine rings is 1. The summed E-state index contributed by atoms with van der Waals surface area (Å²) in [6.07, 6.45) is 4.23. The predicted molar refractivity (Wildman–Crippen MR) is 103 cm³/mol. The second kappa shape index (κ2) is 7.30. The molecule has 0 saturated carbocycles. The van der Waals surface area contributed by atoms with Crippen molar-refractivity contribution in [2.24, 2.45) is 7.05 Å². The van der Waals surface area contributed by atoms with Crippen LogP contribution in [-0.4, -0.2) is 50.6 Å². The van der Waals surface area contributed by atoms with Crippen LogP contribution in [0.25, 0.3) is 11.3 Å². The predicted octanol–water partition coefficient (Wildman–Crippen LogP) is 1.74. The lowest BCUT2D eigenvalue weighted by atomic mass is 10.2. The molecule has 3 heterocycles. The van der Waals surface area contributed by atoms with E-state index < -0.39 is 0 Å². The van der Waals surface area contributed by atoms with Gasteiger partial charge in [0.1, 0.15) is 11.4 Å². The van der Waals surface area contributed by atoms with Gasteiger partial charge in [0.15, 0.2) is 0 Å². The van der Waals surface area contributed by atoms with Gasteiger partial charge in [0.2, 0.25) is 0 Å².